The minimum atomic E-state index is -4.08. The van der Waals surface area contributed by atoms with Crippen molar-refractivity contribution in [3.05, 3.63) is 99.8 Å². The fourth-order valence-electron chi connectivity index (χ4n) is 4.39. The molecule has 1 N–H and O–H groups in total. The highest BCUT2D eigenvalue weighted by molar-refractivity contribution is 7.98. The molecule has 0 saturated carbocycles. The monoisotopic (exact) mass is 644 g/mol. The summed E-state index contributed by atoms with van der Waals surface area (Å²) in [5, 5.41) is 5.14. The van der Waals surface area contributed by atoms with E-state index in [1.54, 1.807) is 54.6 Å². The fraction of sp³-hybridized carbons (Fsp3) is 0.200. The van der Waals surface area contributed by atoms with E-state index in [0.717, 1.165) is 31.8 Å². The maximum atomic E-state index is 13.7. The number of carbonyl (C=O) groups excluding carboxylic acids is 1. The largest absolute Gasteiger partial charge is 0.494 e. The topological polar surface area (TPSA) is 93.0 Å². The molecule has 4 rings (SSSR count). The van der Waals surface area contributed by atoms with Gasteiger partial charge >= 0.3 is 0 Å². The molecule has 0 aliphatic carbocycles. The lowest BCUT2D eigenvalue weighted by Gasteiger charge is -2.24. The summed E-state index contributed by atoms with van der Waals surface area (Å²) in [5.41, 5.74) is 6.11. The number of sulfonamides is 1. The second-order valence-corrected chi connectivity index (χ2v) is 12.8. The molecule has 8 nitrogen and oxygen atoms in total. The molecule has 1 heterocycles. The van der Waals surface area contributed by atoms with Crippen molar-refractivity contribution in [1.29, 1.82) is 0 Å². The zero-order chi connectivity index (χ0) is 30.4. The number of benzene rings is 3. The van der Waals surface area contributed by atoms with E-state index in [1.807, 2.05) is 37.7 Å². The van der Waals surface area contributed by atoms with Crippen molar-refractivity contribution in [2.45, 2.75) is 30.6 Å². The first-order chi connectivity index (χ1) is 20.0. The summed E-state index contributed by atoms with van der Waals surface area (Å²) in [4.78, 5) is 14.0. The number of thioether (sulfide) groups is 1. The average Bonchev–Trinajstić information content (AvgIpc) is 3.24. The van der Waals surface area contributed by atoms with Crippen LogP contribution in [0.4, 0.5) is 5.69 Å². The van der Waals surface area contributed by atoms with Crippen LogP contribution in [0.1, 0.15) is 23.9 Å². The van der Waals surface area contributed by atoms with Gasteiger partial charge in [0.1, 0.15) is 12.3 Å². The van der Waals surface area contributed by atoms with Crippen molar-refractivity contribution < 1.29 is 17.9 Å². The van der Waals surface area contributed by atoms with E-state index in [1.165, 1.54) is 30.1 Å². The van der Waals surface area contributed by atoms with Gasteiger partial charge in [-0.1, -0.05) is 23.2 Å². The van der Waals surface area contributed by atoms with E-state index >= 15 is 0 Å². The van der Waals surface area contributed by atoms with Gasteiger partial charge in [0, 0.05) is 37.6 Å². The number of hydrogen-bond donors (Lipinski definition) is 1. The summed E-state index contributed by atoms with van der Waals surface area (Å²) in [6.07, 6.45) is 3.42. The van der Waals surface area contributed by atoms with Gasteiger partial charge in [-0.2, -0.15) is 5.10 Å². The summed E-state index contributed by atoms with van der Waals surface area (Å²) in [6, 6.07) is 20.2. The predicted octanol–water partition coefficient (Wildman–Crippen LogP) is 6.87. The molecule has 0 fully saturated rings. The molecule has 1 aromatic heterocycles. The number of nitrogens with one attached hydrogen (secondary N) is 1. The number of aryl methyl sites for hydroxylation is 1. The molecule has 0 saturated heterocycles. The molecule has 0 bridgehead atoms. The standard InChI is InChI=1S/C30H30Cl2N4O4S2/c1-5-40-27-8-6-25(7-9-27)35(42(38,39)29-12-10-28(41-4)11-13-29)19-30(37)34-33-18-22-14-20(2)36(21(22)3)26-16-23(31)15-24(32)17-26/h6-18H,5,19H2,1-4H3,(H,34,37)/b33-18-. The molecule has 12 heteroatoms. The molecular weight excluding hydrogens is 615 g/mol. The number of carbonyl (C=O) groups is 1. The molecule has 0 unspecified atom stereocenters. The minimum absolute atomic E-state index is 0.0686. The number of rotatable bonds is 11. The van der Waals surface area contributed by atoms with E-state index in [2.05, 4.69) is 10.5 Å². The summed E-state index contributed by atoms with van der Waals surface area (Å²) in [7, 11) is -4.08. The predicted molar refractivity (Wildman–Crippen MR) is 171 cm³/mol. The van der Waals surface area contributed by atoms with E-state index in [9.17, 15) is 13.2 Å². The van der Waals surface area contributed by atoms with Crippen LogP contribution in [0.2, 0.25) is 10.0 Å². The Morgan fingerprint density at radius 3 is 2.26 bits per heavy atom. The lowest BCUT2D eigenvalue weighted by Crippen LogP contribution is -2.39. The van der Waals surface area contributed by atoms with Gasteiger partial charge < -0.3 is 9.30 Å². The normalized spacial score (nSPS) is 11.6. The molecule has 1 amide bonds. The van der Waals surface area contributed by atoms with Crippen LogP contribution in [-0.4, -0.2) is 44.5 Å². The highest BCUT2D eigenvalue weighted by Gasteiger charge is 2.27. The van der Waals surface area contributed by atoms with Crippen LogP contribution in [-0.2, 0) is 14.8 Å². The van der Waals surface area contributed by atoms with Crippen LogP contribution in [0.3, 0.4) is 0 Å². The van der Waals surface area contributed by atoms with Crippen LogP contribution in [0.25, 0.3) is 5.69 Å². The molecule has 3 aromatic carbocycles. The van der Waals surface area contributed by atoms with Crippen LogP contribution in [0.15, 0.2) is 87.7 Å². The van der Waals surface area contributed by atoms with Crippen molar-refractivity contribution in [1.82, 2.24) is 9.99 Å². The van der Waals surface area contributed by atoms with Crippen LogP contribution in [0, 0.1) is 13.8 Å². The number of nitrogens with zero attached hydrogens (tertiary/aromatic N) is 3. The van der Waals surface area contributed by atoms with Gasteiger partial charge in [-0.3, -0.25) is 9.10 Å². The minimum Gasteiger partial charge on any atom is -0.494 e. The third-order valence-corrected chi connectivity index (χ3v) is 9.31. The van der Waals surface area contributed by atoms with Gasteiger partial charge in [-0.25, -0.2) is 13.8 Å². The Morgan fingerprint density at radius 1 is 1.02 bits per heavy atom. The van der Waals surface area contributed by atoms with Crippen LogP contribution >= 0.6 is 35.0 Å². The highest BCUT2D eigenvalue weighted by Crippen LogP contribution is 2.28. The molecule has 0 aliphatic rings. The van der Waals surface area contributed by atoms with Gasteiger partial charge in [0.05, 0.1) is 23.4 Å². The molecule has 42 heavy (non-hydrogen) atoms. The van der Waals surface area contributed by atoms with E-state index in [-0.39, 0.29) is 4.90 Å². The van der Waals surface area contributed by atoms with Crippen LogP contribution in [0.5, 0.6) is 5.75 Å². The smallest absolute Gasteiger partial charge is 0.264 e. The van der Waals surface area contributed by atoms with E-state index < -0.39 is 22.5 Å². The first-order valence-electron chi connectivity index (χ1n) is 12.9. The number of hydrazone groups is 1. The van der Waals surface area contributed by atoms with Gasteiger partial charge in [0.2, 0.25) is 0 Å². The Labute approximate surface area is 260 Å². The molecule has 0 aliphatic heterocycles. The molecular formula is C30H30Cl2N4O4S2. The van der Waals surface area contributed by atoms with Crippen molar-refractivity contribution in [3.8, 4) is 11.4 Å². The summed E-state index contributed by atoms with van der Waals surface area (Å²) in [5.74, 6) is -0.0190. The SMILES string of the molecule is CCOc1ccc(N(CC(=O)N/N=C\c2cc(C)n(-c3cc(Cl)cc(Cl)c3)c2C)S(=O)(=O)c2ccc(SC)cc2)cc1. The lowest BCUT2D eigenvalue weighted by molar-refractivity contribution is -0.119. The zero-order valence-corrected chi connectivity index (χ0v) is 26.6. The second kappa shape index (κ2) is 13.7. The van der Waals surface area contributed by atoms with E-state index in [0.29, 0.717) is 28.1 Å². The van der Waals surface area contributed by atoms with E-state index in [4.69, 9.17) is 27.9 Å². The Kier molecular flexibility index (Phi) is 10.3. The summed E-state index contributed by atoms with van der Waals surface area (Å²) < 4.78 is 35.9. The third-order valence-electron chi connectivity index (χ3n) is 6.34. The lowest BCUT2D eigenvalue weighted by atomic mass is 10.2. The number of halogens is 2. The maximum Gasteiger partial charge on any atom is 0.264 e. The Balaban J connectivity index is 1.56. The van der Waals surface area contributed by atoms with Crippen molar-refractivity contribution >= 4 is 62.8 Å². The van der Waals surface area contributed by atoms with Crippen molar-refractivity contribution in [2.75, 3.05) is 23.7 Å². The molecule has 0 spiro atoms. The zero-order valence-electron chi connectivity index (χ0n) is 23.5. The van der Waals surface area contributed by atoms with Crippen LogP contribution < -0.4 is 14.5 Å². The van der Waals surface area contributed by atoms with Gasteiger partial charge in [-0.15, -0.1) is 11.8 Å². The molecule has 0 radical (unpaired) electrons. The average molecular weight is 646 g/mol. The first kappa shape index (κ1) is 31.5. The highest BCUT2D eigenvalue weighted by atomic mass is 35.5. The molecule has 0 atom stereocenters. The number of amides is 1. The number of aromatic nitrogens is 1. The number of hydrogen-bond acceptors (Lipinski definition) is 6. The molecule has 220 valence electrons. The van der Waals surface area contributed by atoms with Crippen molar-refractivity contribution in [2.24, 2.45) is 5.10 Å². The number of ether oxygens (including phenoxy) is 1. The summed E-state index contributed by atoms with van der Waals surface area (Å²) in [6.45, 7) is 5.69. The Hall–Kier alpha value is -3.44. The van der Waals surface area contributed by atoms with Gasteiger partial charge in [0.25, 0.3) is 15.9 Å². The second-order valence-electron chi connectivity index (χ2n) is 9.20. The Bertz CT molecular complexity index is 1680. The Morgan fingerprint density at radius 2 is 1.67 bits per heavy atom. The van der Waals surface area contributed by atoms with Crippen molar-refractivity contribution in [3.63, 3.8) is 0 Å². The quantitative estimate of drug-likeness (QED) is 0.109. The maximum absolute atomic E-state index is 13.7. The van der Waals surface area contributed by atoms with Gasteiger partial charge in [0.15, 0.2) is 0 Å². The first-order valence-corrected chi connectivity index (χ1v) is 16.3. The number of anilines is 1. The van der Waals surface area contributed by atoms with Gasteiger partial charge in [-0.05, 0) is 99.8 Å². The fourth-order valence-corrected chi connectivity index (χ4v) is 6.73. The third kappa shape index (κ3) is 7.30. The summed E-state index contributed by atoms with van der Waals surface area (Å²) >= 11 is 13.9. The molecule has 4 aromatic rings.